The van der Waals surface area contributed by atoms with Crippen LogP contribution in [0.3, 0.4) is 0 Å². The molecule has 1 aromatic heterocycles. The summed E-state index contributed by atoms with van der Waals surface area (Å²) in [6, 6.07) is 11.1. The molecule has 0 bridgehead atoms. The number of halogens is 3. The summed E-state index contributed by atoms with van der Waals surface area (Å²) in [5.41, 5.74) is 1.79. The quantitative estimate of drug-likeness (QED) is 0.622. The number of amides is 1. The number of aryl methyl sites for hydroxylation is 1. The van der Waals surface area contributed by atoms with Crippen LogP contribution in [0.25, 0.3) is 10.6 Å². The van der Waals surface area contributed by atoms with Crippen LogP contribution in [0.1, 0.15) is 15.4 Å². The number of aromatic nitrogens is 1. The SMILES string of the molecule is Cc1nc(-c2cccc(Cl)c2)sc1C(=O)Nc1ccc(F)cc1Cl. The lowest BCUT2D eigenvalue weighted by Crippen LogP contribution is -2.11. The number of benzene rings is 2. The monoisotopic (exact) mass is 380 g/mol. The summed E-state index contributed by atoms with van der Waals surface area (Å²) in [5, 5.41) is 4.12. The summed E-state index contributed by atoms with van der Waals surface area (Å²) in [5.74, 6) is -0.804. The second-order valence-electron chi connectivity index (χ2n) is 5.02. The molecule has 1 amide bonds. The lowest BCUT2D eigenvalue weighted by Gasteiger charge is -2.06. The first-order valence-electron chi connectivity index (χ1n) is 6.94. The first-order valence-corrected chi connectivity index (χ1v) is 8.51. The van der Waals surface area contributed by atoms with Gasteiger partial charge < -0.3 is 5.32 Å². The first-order chi connectivity index (χ1) is 11.4. The molecule has 1 heterocycles. The van der Waals surface area contributed by atoms with Gasteiger partial charge in [0.2, 0.25) is 0 Å². The van der Waals surface area contributed by atoms with Gasteiger partial charge in [0.05, 0.1) is 16.4 Å². The van der Waals surface area contributed by atoms with E-state index in [2.05, 4.69) is 10.3 Å². The molecule has 24 heavy (non-hydrogen) atoms. The van der Waals surface area contributed by atoms with E-state index in [1.165, 1.54) is 23.5 Å². The molecule has 122 valence electrons. The molecule has 1 N–H and O–H groups in total. The highest BCUT2D eigenvalue weighted by Crippen LogP contribution is 2.30. The fourth-order valence-electron chi connectivity index (χ4n) is 2.12. The highest BCUT2D eigenvalue weighted by molar-refractivity contribution is 7.17. The maximum Gasteiger partial charge on any atom is 0.267 e. The molecule has 2 aromatic carbocycles. The Balaban J connectivity index is 1.88. The van der Waals surface area contributed by atoms with Gasteiger partial charge in [0, 0.05) is 10.6 Å². The molecular weight excluding hydrogens is 370 g/mol. The summed E-state index contributed by atoms with van der Waals surface area (Å²) < 4.78 is 13.1. The van der Waals surface area contributed by atoms with Crippen molar-refractivity contribution in [2.24, 2.45) is 0 Å². The van der Waals surface area contributed by atoms with Crippen LogP contribution in [-0.2, 0) is 0 Å². The summed E-state index contributed by atoms with van der Waals surface area (Å²) in [7, 11) is 0. The lowest BCUT2D eigenvalue weighted by molar-refractivity contribution is 0.103. The molecule has 0 saturated carbocycles. The van der Waals surface area contributed by atoms with Crippen molar-refractivity contribution in [1.29, 1.82) is 0 Å². The van der Waals surface area contributed by atoms with Crippen molar-refractivity contribution in [2.75, 3.05) is 5.32 Å². The molecule has 0 saturated heterocycles. The van der Waals surface area contributed by atoms with Gasteiger partial charge in [-0.05, 0) is 37.3 Å². The van der Waals surface area contributed by atoms with Crippen molar-refractivity contribution >= 4 is 46.1 Å². The Hall–Kier alpha value is -1.95. The van der Waals surface area contributed by atoms with Gasteiger partial charge in [-0.3, -0.25) is 4.79 Å². The van der Waals surface area contributed by atoms with Gasteiger partial charge in [0.1, 0.15) is 15.7 Å². The van der Waals surface area contributed by atoms with Crippen LogP contribution in [0.2, 0.25) is 10.0 Å². The van der Waals surface area contributed by atoms with Crippen molar-refractivity contribution in [3.8, 4) is 10.6 Å². The summed E-state index contributed by atoms with van der Waals surface area (Å²) >= 11 is 13.2. The molecule has 0 unspecified atom stereocenters. The van der Waals surface area contributed by atoms with Crippen LogP contribution >= 0.6 is 34.5 Å². The zero-order chi connectivity index (χ0) is 17.3. The minimum Gasteiger partial charge on any atom is -0.320 e. The standard InChI is InChI=1S/C17H11Cl2FN2OS/c1-9-15(16(23)22-14-6-5-12(20)8-13(14)19)24-17(21-9)10-3-2-4-11(18)7-10/h2-8H,1H3,(H,22,23). The second kappa shape index (κ2) is 6.89. The van der Waals surface area contributed by atoms with E-state index in [0.717, 1.165) is 11.6 Å². The van der Waals surface area contributed by atoms with Gasteiger partial charge in [0.25, 0.3) is 5.91 Å². The van der Waals surface area contributed by atoms with Crippen molar-refractivity contribution in [3.63, 3.8) is 0 Å². The Morgan fingerprint density at radius 1 is 1.21 bits per heavy atom. The third kappa shape index (κ3) is 3.59. The van der Waals surface area contributed by atoms with E-state index in [4.69, 9.17) is 23.2 Å². The maximum atomic E-state index is 13.1. The van der Waals surface area contributed by atoms with Gasteiger partial charge in [-0.1, -0.05) is 35.3 Å². The van der Waals surface area contributed by atoms with Gasteiger partial charge in [0.15, 0.2) is 0 Å². The molecule has 0 spiro atoms. The topological polar surface area (TPSA) is 42.0 Å². The molecule has 3 aromatic rings. The molecule has 0 aliphatic heterocycles. The number of anilines is 1. The zero-order valence-corrected chi connectivity index (χ0v) is 14.8. The zero-order valence-electron chi connectivity index (χ0n) is 12.4. The highest BCUT2D eigenvalue weighted by Gasteiger charge is 2.17. The molecular formula is C17H11Cl2FN2OS. The number of rotatable bonds is 3. The Kier molecular flexibility index (Phi) is 4.85. The molecule has 0 aliphatic carbocycles. The van der Waals surface area contributed by atoms with E-state index >= 15 is 0 Å². The van der Waals surface area contributed by atoms with E-state index < -0.39 is 5.82 Å². The third-order valence-electron chi connectivity index (χ3n) is 3.25. The number of thiazole rings is 1. The predicted octanol–water partition coefficient (Wildman–Crippen LogP) is 5.82. The number of carbonyl (C=O) groups is 1. The smallest absolute Gasteiger partial charge is 0.267 e. The Bertz CT molecular complexity index is 927. The molecule has 0 atom stereocenters. The Morgan fingerprint density at radius 2 is 2.00 bits per heavy atom. The van der Waals surface area contributed by atoms with Crippen LogP contribution in [-0.4, -0.2) is 10.9 Å². The number of nitrogens with zero attached hydrogens (tertiary/aromatic N) is 1. The van der Waals surface area contributed by atoms with E-state index in [1.807, 2.05) is 12.1 Å². The Labute approximate surface area is 152 Å². The summed E-state index contributed by atoms with van der Waals surface area (Å²) in [4.78, 5) is 17.4. The van der Waals surface area contributed by atoms with Gasteiger partial charge in [-0.2, -0.15) is 0 Å². The van der Waals surface area contributed by atoms with Gasteiger partial charge >= 0.3 is 0 Å². The van der Waals surface area contributed by atoms with E-state index in [-0.39, 0.29) is 10.9 Å². The maximum absolute atomic E-state index is 13.1. The molecule has 3 rings (SSSR count). The van der Waals surface area contributed by atoms with Crippen molar-refractivity contribution in [1.82, 2.24) is 4.98 Å². The lowest BCUT2D eigenvalue weighted by atomic mass is 10.2. The van der Waals surface area contributed by atoms with Crippen LogP contribution in [0.4, 0.5) is 10.1 Å². The van der Waals surface area contributed by atoms with Crippen LogP contribution in [0.5, 0.6) is 0 Å². The number of carbonyl (C=O) groups excluding carboxylic acids is 1. The third-order valence-corrected chi connectivity index (χ3v) is 5.01. The van der Waals surface area contributed by atoms with E-state index in [0.29, 0.717) is 26.3 Å². The Morgan fingerprint density at radius 3 is 2.71 bits per heavy atom. The van der Waals surface area contributed by atoms with Crippen LogP contribution in [0, 0.1) is 12.7 Å². The molecule has 3 nitrogen and oxygen atoms in total. The largest absolute Gasteiger partial charge is 0.320 e. The minimum absolute atomic E-state index is 0.139. The fourth-order valence-corrected chi connectivity index (χ4v) is 3.48. The van der Waals surface area contributed by atoms with E-state index in [1.54, 1.807) is 19.1 Å². The second-order valence-corrected chi connectivity index (χ2v) is 6.86. The average Bonchev–Trinajstić information content (AvgIpc) is 2.92. The first kappa shape index (κ1) is 16.9. The molecule has 7 heteroatoms. The molecule has 0 radical (unpaired) electrons. The molecule has 0 aliphatic rings. The summed E-state index contributed by atoms with van der Waals surface area (Å²) in [6.45, 7) is 1.76. The number of hydrogen-bond acceptors (Lipinski definition) is 3. The van der Waals surface area contributed by atoms with Gasteiger partial charge in [-0.25, -0.2) is 9.37 Å². The van der Waals surface area contributed by atoms with Crippen LogP contribution < -0.4 is 5.32 Å². The van der Waals surface area contributed by atoms with Crippen molar-refractivity contribution < 1.29 is 9.18 Å². The average molecular weight is 381 g/mol. The highest BCUT2D eigenvalue weighted by atomic mass is 35.5. The normalized spacial score (nSPS) is 10.7. The minimum atomic E-state index is -0.463. The van der Waals surface area contributed by atoms with Gasteiger partial charge in [-0.15, -0.1) is 11.3 Å². The molecule has 0 fully saturated rings. The predicted molar refractivity (Wildman–Crippen MR) is 96.7 cm³/mol. The van der Waals surface area contributed by atoms with Crippen molar-refractivity contribution in [2.45, 2.75) is 6.92 Å². The van der Waals surface area contributed by atoms with Crippen molar-refractivity contribution in [3.05, 3.63) is 68.9 Å². The summed E-state index contributed by atoms with van der Waals surface area (Å²) in [6.07, 6.45) is 0. The number of nitrogens with one attached hydrogen (secondary N) is 1. The number of hydrogen-bond donors (Lipinski definition) is 1. The van der Waals surface area contributed by atoms with E-state index in [9.17, 15) is 9.18 Å². The van der Waals surface area contributed by atoms with Crippen LogP contribution in [0.15, 0.2) is 42.5 Å². The fraction of sp³-hybridized carbons (Fsp3) is 0.0588.